The van der Waals surface area contributed by atoms with Crippen LogP contribution in [0, 0.1) is 13.8 Å². The number of hydrogen-bond donors (Lipinski definition) is 3. The fourth-order valence-electron chi connectivity index (χ4n) is 2.92. The summed E-state index contributed by atoms with van der Waals surface area (Å²) in [6, 6.07) is 8.96. The fourth-order valence-corrected chi connectivity index (χ4v) is 2.92. The summed E-state index contributed by atoms with van der Waals surface area (Å²) in [6.07, 6.45) is 1.72. The summed E-state index contributed by atoms with van der Waals surface area (Å²) >= 11 is 0. The summed E-state index contributed by atoms with van der Waals surface area (Å²) in [5, 5.41) is 10.0. The average Bonchev–Trinajstić information content (AvgIpc) is 3.27. The predicted octanol–water partition coefficient (Wildman–Crippen LogP) is 2.85. The minimum absolute atomic E-state index is 0.216. The molecule has 0 fully saturated rings. The van der Waals surface area contributed by atoms with Crippen molar-refractivity contribution < 1.29 is 4.79 Å². The fraction of sp³-hybridized carbons (Fsp3) is 0.211. The van der Waals surface area contributed by atoms with Crippen LogP contribution >= 0.6 is 0 Å². The summed E-state index contributed by atoms with van der Waals surface area (Å²) in [7, 11) is 0. The van der Waals surface area contributed by atoms with Gasteiger partial charge in [0.25, 0.3) is 5.91 Å². The first-order valence-electron chi connectivity index (χ1n) is 8.63. The van der Waals surface area contributed by atoms with Gasteiger partial charge in [-0.15, -0.1) is 0 Å². The number of amides is 1. The number of rotatable bonds is 4. The zero-order chi connectivity index (χ0) is 19.0. The van der Waals surface area contributed by atoms with E-state index in [1.54, 1.807) is 12.3 Å². The number of hydrogen-bond acceptors (Lipinski definition) is 5. The Hall–Kier alpha value is -3.55. The van der Waals surface area contributed by atoms with Crippen LogP contribution in [0.2, 0.25) is 0 Å². The Labute approximate surface area is 155 Å². The number of para-hydroxylation sites is 1. The van der Waals surface area contributed by atoms with Gasteiger partial charge in [-0.1, -0.05) is 6.07 Å². The van der Waals surface area contributed by atoms with Crippen LogP contribution in [0.15, 0.2) is 36.5 Å². The van der Waals surface area contributed by atoms with Crippen LogP contribution in [0.4, 0.5) is 0 Å². The Morgan fingerprint density at radius 2 is 2.04 bits per heavy atom. The van der Waals surface area contributed by atoms with Crippen LogP contribution in [-0.4, -0.2) is 36.0 Å². The van der Waals surface area contributed by atoms with Crippen molar-refractivity contribution in [3.05, 3.63) is 59.3 Å². The Bertz CT molecular complexity index is 1130. The second kappa shape index (κ2) is 6.64. The highest BCUT2D eigenvalue weighted by Crippen LogP contribution is 2.19. The molecule has 0 aliphatic heterocycles. The molecule has 8 nitrogen and oxygen atoms in total. The number of aryl methyl sites for hydroxylation is 2. The van der Waals surface area contributed by atoms with E-state index in [-0.39, 0.29) is 11.9 Å². The molecule has 27 heavy (non-hydrogen) atoms. The SMILES string of the molecule is Cc1ccnc(-c2n[nH]c(C(C)NC(=O)c3cccc4[nH]c(C)nc34)n2)c1. The van der Waals surface area contributed by atoms with E-state index in [4.69, 9.17) is 0 Å². The van der Waals surface area contributed by atoms with Crippen LogP contribution in [0.25, 0.3) is 22.6 Å². The normalized spacial score (nSPS) is 12.3. The van der Waals surface area contributed by atoms with Gasteiger partial charge in [0, 0.05) is 6.20 Å². The van der Waals surface area contributed by atoms with Gasteiger partial charge in [0.1, 0.15) is 22.9 Å². The first kappa shape index (κ1) is 16.9. The third-order valence-corrected chi connectivity index (χ3v) is 4.28. The molecule has 3 aromatic heterocycles. The standard InChI is InChI=1S/C19H19N7O/c1-10-7-8-20-15(9-10)18-24-17(25-26-18)11(2)21-19(27)13-5-4-6-14-16(13)23-12(3)22-14/h4-9,11H,1-3H3,(H,21,27)(H,22,23)(H,24,25,26). The lowest BCUT2D eigenvalue weighted by Gasteiger charge is -2.11. The summed E-state index contributed by atoms with van der Waals surface area (Å²) in [5.74, 6) is 1.61. The van der Waals surface area contributed by atoms with Crippen molar-refractivity contribution in [3.63, 3.8) is 0 Å². The number of pyridine rings is 1. The molecule has 4 rings (SSSR count). The van der Waals surface area contributed by atoms with Crippen molar-refractivity contribution in [2.24, 2.45) is 0 Å². The highest BCUT2D eigenvalue weighted by molar-refractivity contribution is 6.05. The molecule has 0 aliphatic rings. The molecule has 1 aromatic carbocycles. The number of imidazole rings is 1. The molecule has 0 aliphatic carbocycles. The number of aromatic amines is 2. The zero-order valence-electron chi connectivity index (χ0n) is 15.2. The summed E-state index contributed by atoms with van der Waals surface area (Å²) in [5.41, 5.74) is 3.77. The van der Waals surface area contributed by atoms with Crippen molar-refractivity contribution in [1.82, 2.24) is 35.5 Å². The first-order valence-corrected chi connectivity index (χ1v) is 8.63. The van der Waals surface area contributed by atoms with Crippen molar-refractivity contribution in [1.29, 1.82) is 0 Å². The molecule has 0 saturated carbocycles. The maximum Gasteiger partial charge on any atom is 0.254 e. The summed E-state index contributed by atoms with van der Waals surface area (Å²) in [4.78, 5) is 29.0. The van der Waals surface area contributed by atoms with E-state index in [2.05, 4.69) is 35.5 Å². The molecule has 3 N–H and O–H groups in total. The molecule has 1 unspecified atom stereocenters. The maximum absolute atomic E-state index is 12.7. The van der Waals surface area contributed by atoms with Gasteiger partial charge in [-0.2, -0.15) is 5.10 Å². The van der Waals surface area contributed by atoms with Gasteiger partial charge in [0.2, 0.25) is 0 Å². The largest absolute Gasteiger partial charge is 0.342 e. The Balaban J connectivity index is 1.55. The number of aromatic nitrogens is 6. The molecule has 0 spiro atoms. The van der Waals surface area contributed by atoms with E-state index >= 15 is 0 Å². The van der Waals surface area contributed by atoms with E-state index in [0.717, 1.165) is 16.9 Å². The minimum Gasteiger partial charge on any atom is -0.342 e. The van der Waals surface area contributed by atoms with Gasteiger partial charge < -0.3 is 10.3 Å². The topological polar surface area (TPSA) is 112 Å². The highest BCUT2D eigenvalue weighted by atomic mass is 16.1. The van der Waals surface area contributed by atoms with Gasteiger partial charge in [-0.3, -0.25) is 14.9 Å². The minimum atomic E-state index is -0.348. The van der Waals surface area contributed by atoms with Crippen LogP contribution in [0.1, 0.15) is 40.5 Å². The molecule has 4 aromatic rings. The summed E-state index contributed by atoms with van der Waals surface area (Å²) < 4.78 is 0. The lowest BCUT2D eigenvalue weighted by Crippen LogP contribution is -2.27. The lowest BCUT2D eigenvalue weighted by molar-refractivity contribution is 0.0940. The molecule has 1 atom stereocenters. The van der Waals surface area contributed by atoms with Gasteiger partial charge in [-0.25, -0.2) is 9.97 Å². The monoisotopic (exact) mass is 361 g/mol. The van der Waals surface area contributed by atoms with Gasteiger partial charge in [0.15, 0.2) is 5.82 Å². The van der Waals surface area contributed by atoms with E-state index in [9.17, 15) is 4.79 Å². The number of H-pyrrole nitrogens is 2. The number of carbonyl (C=O) groups is 1. The molecule has 136 valence electrons. The number of fused-ring (bicyclic) bond motifs is 1. The van der Waals surface area contributed by atoms with Crippen molar-refractivity contribution in [3.8, 4) is 11.5 Å². The predicted molar refractivity (Wildman–Crippen MR) is 101 cm³/mol. The molecular weight excluding hydrogens is 342 g/mol. The average molecular weight is 361 g/mol. The maximum atomic E-state index is 12.7. The highest BCUT2D eigenvalue weighted by Gasteiger charge is 2.18. The number of nitrogens with one attached hydrogen (secondary N) is 3. The van der Waals surface area contributed by atoms with Crippen molar-refractivity contribution in [2.45, 2.75) is 26.8 Å². The first-order chi connectivity index (χ1) is 13.0. The van der Waals surface area contributed by atoms with Gasteiger partial charge >= 0.3 is 0 Å². The molecule has 0 bridgehead atoms. The smallest absolute Gasteiger partial charge is 0.254 e. The number of benzene rings is 1. The van der Waals surface area contributed by atoms with Crippen LogP contribution in [0.5, 0.6) is 0 Å². The molecular formula is C19H19N7O. The molecule has 0 radical (unpaired) electrons. The van der Waals surface area contributed by atoms with Crippen LogP contribution in [-0.2, 0) is 0 Å². The Kier molecular flexibility index (Phi) is 4.15. The van der Waals surface area contributed by atoms with Crippen LogP contribution < -0.4 is 5.32 Å². The summed E-state index contributed by atoms with van der Waals surface area (Å²) in [6.45, 7) is 5.69. The second-order valence-corrected chi connectivity index (χ2v) is 6.48. The molecule has 0 saturated heterocycles. The van der Waals surface area contributed by atoms with E-state index in [0.29, 0.717) is 28.4 Å². The molecule has 3 heterocycles. The Morgan fingerprint density at radius 1 is 1.19 bits per heavy atom. The lowest BCUT2D eigenvalue weighted by atomic mass is 10.1. The van der Waals surface area contributed by atoms with E-state index < -0.39 is 0 Å². The third-order valence-electron chi connectivity index (χ3n) is 4.28. The van der Waals surface area contributed by atoms with Crippen LogP contribution in [0.3, 0.4) is 0 Å². The van der Waals surface area contributed by atoms with Crippen molar-refractivity contribution in [2.75, 3.05) is 0 Å². The number of carbonyl (C=O) groups excluding carboxylic acids is 1. The molecule has 8 heteroatoms. The van der Waals surface area contributed by atoms with Gasteiger partial charge in [-0.05, 0) is 50.6 Å². The van der Waals surface area contributed by atoms with E-state index in [1.807, 2.05) is 45.0 Å². The molecule has 1 amide bonds. The quantitative estimate of drug-likeness (QED) is 0.517. The number of nitrogens with zero attached hydrogens (tertiary/aromatic N) is 4. The van der Waals surface area contributed by atoms with E-state index in [1.165, 1.54) is 0 Å². The zero-order valence-corrected chi connectivity index (χ0v) is 15.2. The second-order valence-electron chi connectivity index (χ2n) is 6.48. The third kappa shape index (κ3) is 3.29. The van der Waals surface area contributed by atoms with Crippen molar-refractivity contribution >= 4 is 16.9 Å². The van der Waals surface area contributed by atoms with Gasteiger partial charge in [0.05, 0.1) is 17.1 Å². The Morgan fingerprint density at radius 3 is 2.85 bits per heavy atom.